The van der Waals surface area contributed by atoms with Crippen molar-refractivity contribution in [3.63, 3.8) is 0 Å². The number of esters is 1. The molecule has 7 nitrogen and oxygen atoms in total. The van der Waals surface area contributed by atoms with Crippen LogP contribution in [0.4, 0.5) is 4.79 Å². The van der Waals surface area contributed by atoms with Crippen molar-refractivity contribution in [2.24, 2.45) is 0 Å². The van der Waals surface area contributed by atoms with Gasteiger partial charge >= 0.3 is 12.0 Å². The highest BCUT2D eigenvalue weighted by Crippen LogP contribution is 2.18. The maximum atomic E-state index is 12.3. The van der Waals surface area contributed by atoms with Gasteiger partial charge in [-0.2, -0.15) is 0 Å². The van der Waals surface area contributed by atoms with E-state index in [0.29, 0.717) is 19.6 Å². The molecule has 0 bridgehead atoms. The Bertz CT molecular complexity index is 547. The molecular formula is C15H21N3O4. The highest BCUT2D eigenvalue weighted by molar-refractivity contribution is 5.92. The van der Waals surface area contributed by atoms with Gasteiger partial charge in [-0.05, 0) is 32.9 Å². The number of ether oxygens (including phenoxy) is 2. The van der Waals surface area contributed by atoms with Gasteiger partial charge in [0.15, 0.2) is 0 Å². The third-order valence-electron chi connectivity index (χ3n) is 3.19. The van der Waals surface area contributed by atoms with E-state index in [1.807, 2.05) is 20.8 Å². The summed E-state index contributed by atoms with van der Waals surface area (Å²) in [5.41, 5.74) is 0.288. The second kappa shape index (κ2) is 7.11. The molecule has 1 aliphatic heterocycles. The van der Waals surface area contributed by atoms with Gasteiger partial charge in [-0.1, -0.05) is 0 Å². The summed E-state index contributed by atoms with van der Waals surface area (Å²) in [4.78, 5) is 29.5. The smallest absolute Gasteiger partial charge is 0.344 e. The molecule has 1 aromatic heterocycles. The van der Waals surface area contributed by atoms with Gasteiger partial charge in [0.1, 0.15) is 11.7 Å². The van der Waals surface area contributed by atoms with Gasteiger partial charge in [0.05, 0.1) is 19.2 Å². The van der Waals surface area contributed by atoms with E-state index in [0.717, 1.165) is 0 Å². The molecule has 22 heavy (non-hydrogen) atoms. The molecule has 2 heterocycles. The minimum atomic E-state index is -0.499. The first-order valence-corrected chi connectivity index (χ1v) is 7.36. The molecule has 1 aliphatic rings. The Balaban J connectivity index is 2.05. The van der Waals surface area contributed by atoms with E-state index in [9.17, 15) is 9.59 Å². The molecular weight excluding hydrogens is 286 g/mol. The number of hydrogen-bond acceptors (Lipinski definition) is 5. The monoisotopic (exact) mass is 307 g/mol. The van der Waals surface area contributed by atoms with Crippen LogP contribution in [0.15, 0.2) is 18.3 Å². The van der Waals surface area contributed by atoms with Gasteiger partial charge < -0.3 is 19.7 Å². The van der Waals surface area contributed by atoms with Crippen LogP contribution in [0.1, 0.15) is 31.1 Å². The van der Waals surface area contributed by atoms with Gasteiger partial charge in [0.2, 0.25) is 5.88 Å². The highest BCUT2D eigenvalue weighted by Gasteiger charge is 2.28. The lowest BCUT2D eigenvalue weighted by Gasteiger charge is -2.32. The summed E-state index contributed by atoms with van der Waals surface area (Å²) < 4.78 is 11.0. The number of rotatable bonds is 5. The first-order valence-electron chi connectivity index (χ1n) is 7.36. The SMILES string of the molecule is CCN1CC(OC(=O)c2cccnc2OC(C)C)CNC1=O. The number of carbonyl (C=O) groups excluding carboxylic acids is 2. The lowest BCUT2D eigenvalue weighted by atomic mass is 10.2. The summed E-state index contributed by atoms with van der Waals surface area (Å²) in [5, 5.41) is 2.70. The Morgan fingerprint density at radius 2 is 2.32 bits per heavy atom. The predicted octanol–water partition coefficient (Wildman–Crippen LogP) is 1.44. The normalized spacial score (nSPS) is 18.1. The zero-order chi connectivity index (χ0) is 16.1. The standard InChI is InChI=1S/C15H21N3O4/c1-4-18-9-11(8-17-15(18)20)22-14(19)12-6-5-7-16-13(12)21-10(2)3/h5-7,10-11H,4,8-9H2,1-3H3,(H,17,20). The van der Waals surface area contributed by atoms with Crippen molar-refractivity contribution in [2.75, 3.05) is 19.6 Å². The minimum absolute atomic E-state index is 0.0917. The zero-order valence-corrected chi connectivity index (χ0v) is 13.0. The van der Waals surface area contributed by atoms with Gasteiger partial charge in [-0.15, -0.1) is 0 Å². The van der Waals surface area contributed by atoms with E-state index in [4.69, 9.17) is 9.47 Å². The van der Waals surface area contributed by atoms with Crippen LogP contribution in [0, 0.1) is 0 Å². The highest BCUT2D eigenvalue weighted by atomic mass is 16.5. The lowest BCUT2D eigenvalue weighted by Crippen LogP contribution is -2.54. The number of pyridine rings is 1. The molecule has 1 aromatic rings. The van der Waals surface area contributed by atoms with Crippen LogP contribution in [0.2, 0.25) is 0 Å². The Morgan fingerprint density at radius 3 is 3.00 bits per heavy atom. The van der Waals surface area contributed by atoms with Crippen LogP contribution in [0.5, 0.6) is 5.88 Å². The number of aromatic nitrogens is 1. The Hall–Kier alpha value is -2.31. The average Bonchev–Trinajstić information content (AvgIpc) is 2.49. The molecule has 1 N–H and O–H groups in total. The predicted molar refractivity (Wildman–Crippen MR) is 79.9 cm³/mol. The van der Waals surface area contributed by atoms with E-state index in [1.54, 1.807) is 23.2 Å². The third kappa shape index (κ3) is 3.87. The summed E-state index contributed by atoms with van der Waals surface area (Å²) in [6, 6.07) is 3.14. The number of likely N-dealkylation sites (N-methyl/N-ethyl adjacent to an activating group) is 1. The molecule has 0 aliphatic carbocycles. The minimum Gasteiger partial charge on any atom is -0.474 e. The topological polar surface area (TPSA) is 80.8 Å². The average molecular weight is 307 g/mol. The Labute approximate surface area is 129 Å². The largest absolute Gasteiger partial charge is 0.474 e. The van der Waals surface area contributed by atoms with Crippen molar-refractivity contribution in [3.05, 3.63) is 23.9 Å². The van der Waals surface area contributed by atoms with Crippen LogP contribution >= 0.6 is 0 Å². The van der Waals surface area contributed by atoms with E-state index in [-0.39, 0.29) is 23.6 Å². The van der Waals surface area contributed by atoms with Gasteiger partial charge in [-0.25, -0.2) is 14.6 Å². The van der Waals surface area contributed by atoms with Crippen LogP contribution in [0.25, 0.3) is 0 Å². The Morgan fingerprint density at radius 1 is 1.55 bits per heavy atom. The van der Waals surface area contributed by atoms with E-state index < -0.39 is 12.1 Å². The number of carbonyl (C=O) groups is 2. The molecule has 120 valence electrons. The van der Waals surface area contributed by atoms with Crippen LogP contribution in [-0.4, -0.2) is 53.7 Å². The molecule has 0 spiro atoms. The van der Waals surface area contributed by atoms with Crippen molar-refractivity contribution in [3.8, 4) is 5.88 Å². The molecule has 0 aromatic carbocycles. The van der Waals surface area contributed by atoms with Crippen molar-refractivity contribution >= 4 is 12.0 Å². The van der Waals surface area contributed by atoms with E-state index in [2.05, 4.69) is 10.3 Å². The van der Waals surface area contributed by atoms with Gasteiger partial charge in [0.25, 0.3) is 0 Å². The lowest BCUT2D eigenvalue weighted by molar-refractivity contribution is 0.0180. The first kappa shape index (κ1) is 16.1. The van der Waals surface area contributed by atoms with Crippen molar-refractivity contribution in [2.45, 2.75) is 33.0 Å². The van der Waals surface area contributed by atoms with E-state index >= 15 is 0 Å². The summed E-state index contributed by atoms with van der Waals surface area (Å²) in [7, 11) is 0. The number of urea groups is 1. The fraction of sp³-hybridized carbons (Fsp3) is 0.533. The maximum absolute atomic E-state index is 12.3. The van der Waals surface area contributed by atoms with Gasteiger partial charge in [0, 0.05) is 12.7 Å². The molecule has 1 fully saturated rings. The fourth-order valence-electron chi connectivity index (χ4n) is 2.14. The van der Waals surface area contributed by atoms with Crippen LogP contribution in [-0.2, 0) is 4.74 Å². The van der Waals surface area contributed by atoms with Crippen molar-refractivity contribution in [1.82, 2.24) is 15.2 Å². The van der Waals surface area contributed by atoms with E-state index in [1.165, 1.54) is 0 Å². The molecule has 0 saturated carbocycles. The number of nitrogens with zero attached hydrogens (tertiary/aromatic N) is 2. The van der Waals surface area contributed by atoms with Gasteiger partial charge in [-0.3, -0.25) is 0 Å². The Kier molecular flexibility index (Phi) is 5.19. The van der Waals surface area contributed by atoms with Crippen LogP contribution < -0.4 is 10.1 Å². The number of hydrogen-bond donors (Lipinski definition) is 1. The number of nitrogens with one attached hydrogen (secondary N) is 1. The second-order valence-electron chi connectivity index (χ2n) is 5.27. The zero-order valence-electron chi connectivity index (χ0n) is 13.0. The molecule has 0 radical (unpaired) electrons. The summed E-state index contributed by atoms with van der Waals surface area (Å²) in [6.07, 6.45) is 1.08. The number of amides is 2. The summed E-state index contributed by atoms with van der Waals surface area (Å²) in [6.45, 7) is 6.85. The molecule has 2 rings (SSSR count). The molecule has 1 unspecified atom stereocenters. The molecule has 7 heteroatoms. The van der Waals surface area contributed by atoms with Crippen molar-refractivity contribution in [1.29, 1.82) is 0 Å². The maximum Gasteiger partial charge on any atom is 0.344 e. The fourth-order valence-corrected chi connectivity index (χ4v) is 2.14. The molecule has 2 amide bonds. The molecule has 1 saturated heterocycles. The first-order chi connectivity index (χ1) is 10.5. The van der Waals surface area contributed by atoms with Crippen molar-refractivity contribution < 1.29 is 19.1 Å². The second-order valence-corrected chi connectivity index (χ2v) is 5.27. The molecule has 1 atom stereocenters. The third-order valence-corrected chi connectivity index (χ3v) is 3.19. The quantitative estimate of drug-likeness (QED) is 0.833. The summed E-state index contributed by atoms with van der Waals surface area (Å²) in [5.74, 6) is -0.240. The summed E-state index contributed by atoms with van der Waals surface area (Å²) >= 11 is 0. The van der Waals surface area contributed by atoms with Crippen LogP contribution in [0.3, 0.4) is 0 Å².